The van der Waals surface area contributed by atoms with Crippen molar-refractivity contribution in [1.29, 1.82) is 0 Å². The molecule has 0 heterocycles. The minimum absolute atomic E-state index is 0.0686. The van der Waals surface area contributed by atoms with E-state index in [4.69, 9.17) is 0 Å². The Balaban J connectivity index is 1.59. The molecule has 0 aromatic rings. The van der Waals surface area contributed by atoms with Crippen molar-refractivity contribution in [3.05, 3.63) is 23.3 Å². The van der Waals surface area contributed by atoms with Gasteiger partial charge in [-0.25, -0.2) is 0 Å². The van der Waals surface area contributed by atoms with Gasteiger partial charge in [0.2, 0.25) is 0 Å². The molecule has 34 heavy (non-hydrogen) atoms. The average Bonchev–Trinajstić information content (AvgIpc) is 3.06. The standard InChI is InChI=1S/C30H50O4/c1-19(8-11-25(33)30(7,34)18-31)20-12-16-29(6)22-9-10-23-26(2,3)24(32)14-15-27(23,4)21(22)13-17-28(20,29)5/h9,13,19-20,23-25,31-34H,8,10-12,14-18H2,1-7H3/t19-,20+,23+,24-,25-,27+,28+,29+,30-/m0/s1. The largest absolute Gasteiger partial charge is 0.393 e. The first-order valence-corrected chi connectivity index (χ1v) is 13.8. The van der Waals surface area contributed by atoms with Crippen molar-refractivity contribution in [2.45, 2.75) is 118 Å². The predicted molar refractivity (Wildman–Crippen MR) is 137 cm³/mol. The van der Waals surface area contributed by atoms with Crippen molar-refractivity contribution in [2.24, 2.45) is 39.4 Å². The van der Waals surface area contributed by atoms with Gasteiger partial charge in [-0.2, -0.15) is 0 Å². The normalized spacial score (nSPS) is 44.6. The Bertz CT molecular complexity index is 856. The van der Waals surface area contributed by atoms with Gasteiger partial charge in [-0.3, -0.25) is 0 Å². The highest BCUT2D eigenvalue weighted by atomic mass is 16.4. The number of hydrogen-bond donors (Lipinski definition) is 4. The molecule has 0 unspecified atom stereocenters. The van der Waals surface area contributed by atoms with Crippen molar-refractivity contribution in [1.82, 2.24) is 0 Å². The Kier molecular flexibility index (Phi) is 6.54. The fraction of sp³-hybridized carbons (Fsp3) is 0.867. The summed E-state index contributed by atoms with van der Waals surface area (Å²) in [5.41, 5.74) is 2.13. The highest BCUT2D eigenvalue weighted by molar-refractivity contribution is 5.49. The third kappa shape index (κ3) is 3.61. The molecule has 4 aliphatic rings. The first kappa shape index (κ1) is 26.4. The quantitative estimate of drug-likeness (QED) is 0.416. The lowest BCUT2D eigenvalue weighted by atomic mass is 9.44. The van der Waals surface area contributed by atoms with Gasteiger partial charge in [0.25, 0.3) is 0 Å². The molecule has 2 fully saturated rings. The molecule has 0 aromatic carbocycles. The topological polar surface area (TPSA) is 80.9 Å². The van der Waals surface area contributed by atoms with Crippen LogP contribution >= 0.6 is 0 Å². The van der Waals surface area contributed by atoms with Crippen LogP contribution in [-0.2, 0) is 0 Å². The maximum Gasteiger partial charge on any atom is 0.111 e. The Morgan fingerprint density at radius 2 is 1.71 bits per heavy atom. The van der Waals surface area contributed by atoms with Crippen molar-refractivity contribution in [3.63, 3.8) is 0 Å². The second-order valence-corrected chi connectivity index (χ2v) is 14.0. The summed E-state index contributed by atoms with van der Waals surface area (Å²) in [5.74, 6) is 1.49. The van der Waals surface area contributed by atoms with Gasteiger partial charge in [-0.05, 0) is 109 Å². The zero-order valence-corrected chi connectivity index (χ0v) is 22.7. The Morgan fingerprint density at radius 3 is 2.35 bits per heavy atom. The van der Waals surface area contributed by atoms with Gasteiger partial charge < -0.3 is 20.4 Å². The highest BCUT2D eigenvalue weighted by Gasteiger charge is 2.63. The number of aliphatic hydroxyl groups excluding tert-OH is 3. The minimum Gasteiger partial charge on any atom is -0.393 e. The molecule has 4 nitrogen and oxygen atoms in total. The van der Waals surface area contributed by atoms with Gasteiger partial charge in [-0.1, -0.05) is 53.7 Å². The lowest BCUT2D eigenvalue weighted by Crippen LogP contribution is -2.54. The first-order chi connectivity index (χ1) is 15.6. The van der Waals surface area contributed by atoms with E-state index in [2.05, 4.69) is 53.7 Å². The summed E-state index contributed by atoms with van der Waals surface area (Å²) < 4.78 is 0. The van der Waals surface area contributed by atoms with Crippen molar-refractivity contribution >= 4 is 0 Å². The molecule has 4 heteroatoms. The van der Waals surface area contributed by atoms with Crippen LogP contribution in [0.2, 0.25) is 0 Å². The van der Waals surface area contributed by atoms with Gasteiger partial charge in [0, 0.05) is 0 Å². The van der Waals surface area contributed by atoms with Crippen LogP contribution in [0, 0.1) is 39.4 Å². The van der Waals surface area contributed by atoms with Gasteiger partial charge in [0.05, 0.1) is 18.8 Å². The third-order valence-electron chi connectivity index (χ3n) is 11.9. The van der Waals surface area contributed by atoms with Gasteiger partial charge in [0.15, 0.2) is 0 Å². The lowest BCUT2D eigenvalue weighted by Gasteiger charge is -2.61. The Hall–Kier alpha value is -0.680. The highest BCUT2D eigenvalue weighted by Crippen LogP contribution is 2.71. The fourth-order valence-corrected chi connectivity index (χ4v) is 8.98. The lowest BCUT2D eigenvalue weighted by molar-refractivity contribution is -0.0974. The molecule has 0 aromatic heterocycles. The van der Waals surface area contributed by atoms with Crippen LogP contribution in [0.3, 0.4) is 0 Å². The van der Waals surface area contributed by atoms with E-state index < -0.39 is 18.3 Å². The van der Waals surface area contributed by atoms with E-state index in [1.807, 2.05) is 0 Å². The molecule has 194 valence electrons. The molecule has 4 rings (SSSR count). The number of rotatable bonds is 6. The first-order valence-electron chi connectivity index (χ1n) is 13.8. The molecule has 0 spiro atoms. The predicted octanol–water partition coefficient (Wildman–Crippen LogP) is 5.39. The fourth-order valence-electron chi connectivity index (χ4n) is 8.98. The summed E-state index contributed by atoms with van der Waals surface area (Å²) in [6.45, 7) is 15.4. The number of allylic oxidation sites excluding steroid dienone is 4. The minimum atomic E-state index is -1.43. The van der Waals surface area contributed by atoms with Crippen molar-refractivity contribution < 1.29 is 20.4 Å². The molecule has 0 amide bonds. The Labute approximate surface area is 207 Å². The van der Waals surface area contributed by atoms with Crippen molar-refractivity contribution in [3.8, 4) is 0 Å². The number of aliphatic hydroxyl groups is 4. The second-order valence-electron chi connectivity index (χ2n) is 14.0. The van der Waals surface area contributed by atoms with Crippen molar-refractivity contribution in [2.75, 3.05) is 6.61 Å². The summed E-state index contributed by atoms with van der Waals surface area (Å²) in [4.78, 5) is 0. The molecule has 4 aliphatic carbocycles. The molecule has 9 atom stereocenters. The molecule has 0 radical (unpaired) electrons. The van der Waals surface area contributed by atoms with Gasteiger partial charge in [0.1, 0.15) is 5.60 Å². The SMILES string of the molecule is C[C@@H](CC[C@H](O)[C@@](C)(O)CO)[C@H]1CC[C@]2(C)C3=CC[C@@H]4C(C)(C)[C@@H](O)CC[C@]4(C)C3=CC[C@]12C. The summed E-state index contributed by atoms with van der Waals surface area (Å²) in [6, 6.07) is 0. The Morgan fingerprint density at radius 1 is 1.03 bits per heavy atom. The van der Waals surface area contributed by atoms with E-state index in [1.165, 1.54) is 19.8 Å². The number of fused-ring (bicyclic) bond motifs is 5. The molecular formula is C30H50O4. The van der Waals surface area contributed by atoms with E-state index in [0.717, 1.165) is 32.1 Å². The molecular weight excluding hydrogens is 424 g/mol. The van der Waals surface area contributed by atoms with Crippen LogP contribution in [-0.4, -0.2) is 44.8 Å². The summed E-state index contributed by atoms with van der Waals surface area (Å²) in [5, 5.41) is 40.8. The van der Waals surface area contributed by atoms with Gasteiger partial charge in [-0.15, -0.1) is 0 Å². The van der Waals surface area contributed by atoms with Crippen LogP contribution in [0.5, 0.6) is 0 Å². The maximum absolute atomic E-state index is 10.8. The number of hydrogen-bond acceptors (Lipinski definition) is 4. The summed E-state index contributed by atoms with van der Waals surface area (Å²) in [6.07, 6.45) is 11.9. The third-order valence-corrected chi connectivity index (χ3v) is 11.9. The van der Waals surface area contributed by atoms with E-state index in [9.17, 15) is 20.4 Å². The van der Waals surface area contributed by atoms with E-state index in [1.54, 1.807) is 11.1 Å². The van der Waals surface area contributed by atoms with Crippen LogP contribution in [0.4, 0.5) is 0 Å². The zero-order valence-electron chi connectivity index (χ0n) is 22.7. The van der Waals surface area contributed by atoms with Crippen LogP contribution in [0.1, 0.15) is 99.8 Å². The molecule has 0 bridgehead atoms. The molecule has 4 N–H and O–H groups in total. The smallest absolute Gasteiger partial charge is 0.111 e. The van der Waals surface area contributed by atoms with Crippen LogP contribution in [0.25, 0.3) is 0 Å². The summed E-state index contributed by atoms with van der Waals surface area (Å²) >= 11 is 0. The van der Waals surface area contributed by atoms with E-state index in [-0.39, 0.29) is 27.8 Å². The van der Waals surface area contributed by atoms with E-state index in [0.29, 0.717) is 24.2 Å². The summed E-state index contributed by atoms with van der Waals surface area (Å²) in [7, 11) is 0. The zero-order chi connectivity index (χ0) is 25.3. The average molecular weight is 475 g/mol. The monoisotopic (exact) mass is 474 g/mol. The second kappa shape index (κ2) is 8.43. The maximum atomic E-state index is 10.8. The van der Waals surface area contributed by atoms with E-state index >= 15 is 0 Å². The molecule has 2 saturated carbocycles. The van der Waals surface area contributed by atoms with Gasteiger partial charge >= 0.3 is 0 Å². The van der Waals surface area contributed by atoms with Crippen LogP contribution < -0.4 is 0 Å². The molecule has 0 aliphatic heterocycles. The van der Waals surface area contributed by atoms with Crippen LogP contribution in [0.15, 0.2) is 23.3 Å². The molecule has 0 saturated heterocycles.